The van der Waals surface area contributed by atoms with Gasteiger partial charge in [0.05, 0.1) is 10.4 Å². The minimum Gasteiger partial charge on any atom is -0.480 e. The summed E-state index contributed by atoms with van der Waals surface area (Å²) < 4.78 is 10.0. The number of ether oxygens (including phenoxy) is 2. The fourth-order valence-corrected chi connectivity index (χ4v) is 1.61. The zero-order valence-corrected chi connectivity index (χ0v) is 12.2. The van der Waals surface area contributed by atoms with Crippen LogP contribution in [0.4, 0.5) is 0 Å². The Morgan fingerprint density at radius 3 is 2.67 bits per heavy atom. The van der Waals surface area contributed by atoms with Gasteiger partial charge in [-0.1, -0.05) is 23.2 Å². The highest BCUT2D eigenvalue weighted by molar-refractivity contribution is 6.35. The van der Waals surface area contributed by atoms with Crippen LogP contribution in [0.15, 0.2) is 18.2 Å². The standard InChI is InChI=1S/C11H10Cl4O3/c12-4-8(14)5-18-11(16)6-17-10-2-1-7(13)3-9(10)15/h1-3,8H,4-6H2. The van der Waals surface area contributed by atoms with Crippen LogP contribution in [0.25, 0.3) is 0 Å². The molecule has 18 heavy (non-hydrogen) atoms. The van der Waals surface area contributed by atoms with Crippen LogP contribution in [0, 0.1) is 0 Å². The van der Waals surface area contributed by atoms with E-state index in [2.05, 4.69) is 0 Å². The first-order chi connectivity index (χ1) is 8.52. The Bertz CT molecular complexity index is 411. The van der Waals surface area contributed by atoms with Crippen LogP contribution in [0.2, 0.25) is 10.0 Å². The third kappa shape index (κ3) is 5.53. The monoisotopic (exact) mass is 330 g/mol. The van der Waals surface area contributed by atoms with Gasteiger partial charge in [-0.2, -0.15) is 0 Å². The number of carbonyl (C=O) groups is 1. The molecule has 0 N–H and O–H groups in total. The number of rotatable bonds is 6. The van der Waals surface area contributed by atoms with E-state index < -0.39 is 11.3 Å². The summed E-state index contributed by atoms with van der Waals surface area (Å²) in [7, 11) is 0. The van der Waals surface area contributed by atoms with E-state index in [1.165, 1.54) is 6.07 Å². The third-order valence-electron chi connectivity index (χ3n) is 1.83. The van der Waals surface area contributed by atoms with Gasteiger partial charge in [0, 0.05) is 10.9 Å². The van der Waals surface area contributed by atoms with E-state index in [1.807, 2.05) is 0 Å². The van der Waals surface area contributed by atoms with Crippen molar-refractivity contribution in [1.82, 2.24) is 0 Å². The number of benzene rings is 1. The van der Waals surface area contributed by atoms with Crippen molar-refractivity contribution in [3.05, 3.63) is 28.2 Å². The van der Waals surface area contributed by atoms with Gasteiger partial charge < -0.3 is 9.47 Å². The zero-order chi connectivity index (χ0) is 13.5. The Kier molecular flexibility index (Phi) is 6.94. The summed E-state index contributed by atoms with van der Waals surface area (Å²) in [5.41, 5.74) is 0. The molecule has 0 radical (unpaired) electrons. The Balaban J connectivity index is 2.38. The van der Waals surface area contributed by atoms with Crippen LogP contribution >= 0.6 is 46.4 Å². The first-order valence-corrected chi connectivity index (χ1v) is 6.69. The normalized spacial score (nSPS) is 12.0. The van der Waals surface area contributed by atoms with Gasteiger partial charge in [0.1, 0.15) is 12.4 Å². The molecule has 1 rings (SSSR count). The second kappa shape index (κ2) is 7.95. The first kappa shape index (κ1) is 15.7. The highest BCUT2D eigenvalue weighted by Gasteiger charge is 2.10. The van der Waals surface area contributed by atoms with E-state index >= 15 is 0 Å². The van der Waals surface area contributed by atoms with Gasteiger partial charge in [-0.25, -0.2) is 4.79 Å². The molecule has 1 aromatic rings. The second-order valence-corrected chi connectivity index (χ2v) is 5.07. The van der Waals surface area contributed by atoms with Gasteiger partial charge >= 0.3 is 5.97 Å². The Morgan fingerprint density at radius 2 is 2.06 bits per heavy atom. The lowest BCUT2D eigenvalue weighted by Crippen LogP contribution is -2.20. The maximum atomic E-state index is 11.3. The smallest absolute Gasteiger partial charge is 0.344 e. The quantitative estimate of drug-likeness (QED) is 0.588. The highest BCUT2D eigenvalue weighted by Crippen LogP contribution is 2.27. The minimum absolute atomic E-state index is 0.0433. The molecule has 0 saturated heterocycles. The molecule has 1 atom stereocenters. The van der Waals surface area contributed by atoms with Gasteiger partial charge in [0.2, 0.25) is 0 Å². The summed E-state index contributed by atoms with van der Waals surface area (Å²) in [5, 5.41) is 0.406. The number of hydrogen-bond acceptors (Lipinski definition) is 3. The van der Waals surface area contributed by atoms with Gasteiger partial charge in [-0.3, -0.25) is 0 Å². The van der Waals surface area contributed by atoms with Crippen LogP contribution in [-0.2, 0) is 9.53 Å². The SMILES string of the molecule is O=C(COc1ccc(Cl)cc1Cl)OCC(Cl)CCl. The third-order valence-corrected chi connectivity index (χ3v) is 3.17. The maximum absolute atomic E-state index is 11.3. The van der Waals surface area contributed by atoms with Crippen molar-refractivity contribution in [3.63, 3.8) is 0 Å². The van der Waals surface area contributed by atoms with Crippen LogP contribution in [0.3, 0.4) is 0 Å². The molecule has 0 spiro atoms. The Hall–Kier alpha value is -0.350. The molecular formula is C11H10Cl4O3. The number of esters is 1. The molecule has 0 fully saturated rings. The van der Waals surface area contributed by atoms with E-state index in [0.717, 1.165) is 0 Å². The van der Waals surface area contributed by atoms with Gasteiger partial charge in [-0.15, -0.1) is 23.2 Å². The van der Waals surface area contributed by atoms with E-state index in [1.54, 1.807) is 12.1 Å². The van der Waals surface area contributed by atoms with Crippen molar-refractivity contribution in [1.29, 1.82) is 0 Å². The zero-order valence-electron chi connectivity index (χ0n) is 9.17. The largest absolute Gasteiger partial charge is 0.480 e. The van der Waals surface area contributed by atoms with Crippen molar-refractivity contribution in [2.24, 2.45) is 0 Å². The Morgan fingerprint density at radius 1 is 1.33 bits per heavy atom. The van der Waals surface area contributed by atoms with Crippen LogP contribution in [-0.4, -0.2) is 30.4 Å². The molecule has 0 aliphatic rings. The van der Waals surface area contributed by atoms with E-state index in [-0.39, 0.29) is 19.1 Å². The first-order valence-electron chi connectivity index (χ1n) is 4.96. The van der Waals surface area contributed by atoms with Crippen molar-refractivity contribution in [2.75, 3.05) is 19.1 Å². The minimum atomic E-state index is -0.545. The lowest BCUT2D eigenvalue weighted by atomic mass is 10.3. The molecule has 0 bridgehead atoms. The Labute approximate surface area is 125 Å². The molecule has 1 aromatic carbocycles. The molecular weight excluding hydrogens is 322 g/mol. The van der Waals surface area contributed by atoms with Crippen LogP contribution < -0.4 is 4.74 Å². The number of halogens is 4. The molecule has 0 heterocycles. The fraction of sp³-hybridized carbons (Fsp3) is 0.364. The summed E-state index contributed by atoms with van der Waals surface area (Å²) in [6.07, 6.45) is 0. The predicted octanol–water partition coefficient (Wildman–Crippen LogP) is 3.76. The number of carbonyl (C=O) groups excluding carboxylic acids is 1. The molecule has 7 heteroatoms. The van der Waals surface area contributed by atoms with Gasteiger partial charge in [-0.05, 0) is 18.2 Å². The van der Waals surface area contributed by atoms with Crippen molar-refractivity contribution >= 4 is 52.4 Å². The van der Waals surface area contributed by atoms with Crippen molar-refractivity contribution < 1.29 is 14.3 Å². The lowest BCUT2D eigenvalue weighted by Gasteiger charge is -2.09. The predicted molar refractivity (Wildman–Crippen MR) is 73.3 cm³/mol. The summed E-state index contributed by atoms with van der Waals surface area (Å²) in [5.74, 6) is 0.0215. The molecule has 0 aliphatic carbocycles. The lowest BCUT2D eigenvalue weighted by molar-refractivity contribution is -0.145. The topological polar surface area (TPSA) is 35.5 Å². The van der Waals surface area contributed by atoms with Gasteiger partial charge in [0.25, 0.3) is 0 Å². The van der Waals surface area contributed by atoms with E-state index in [9.17, 15) is 4.79 Å². The molecule has 100 valence electrons. The fourth-order valence-electron chi connectivity index (χ4n) is 0.999. The van der Waals surface area contributed by atoms with Crippen LogP contribution in [0.1, 0.15) is 0 Å². The second-order valence-electron chi connectivity index (χ2n) is 3.30. The average Bonchev–Trinajstić information content (AvgIpc) is 2.34. The van der Waals surface area contributed by atoms with Crippen LogP contribution in [0.5, 0.6) is 5.75 Å². The molecule has 0 amide bonds. The number of alkyl halides is 2. The summed E-state index contributed by atoms with van der Waals surface area (Å²) in [6, 6.07) is 4.70. The number of hydrogen-bond donors (Lipinski definition) is 0. The molecule has 0 aromatic heterocycles. The molecule has 1 unspecified atom stereocenters. The van der Waals surface area contributed by atoms with Crippen molar-refractivity contribution in [2.45, 2.75) is 5.38 Å². The maximum Gasteiger partial charge on any atom is 0.344 e. The van der Waals surface area contributed by atoms with Crippen molar-refractivity contribution in [3.8, 4) is 5.75 Å². The summed E-state index contributed by atoms with van der Waals surface area (Å²) >= 11 is 22.7. The summed E-state index contributed by atoms with van der Waals surface area (Å²) in [4.78, 5) is 11.3. The molecule has 0 saturated carbocycles. The molecule has 3 nitrogen and oxygen atoms in total. The van der Waals surface area contributed by atoms with Gasteiger partial charge in [0.15, 0.2) is 6.61 Å². The van der Waals surface area contributed by atoms with E-state index in [4.69, 9.17) is 55.9 Å². The average molecular weight is 332 g/mol. The van der Waals surface area contributed by atoms with E-state index in [0.29, 0.717) is 15.8 Å². The molecule has 0 aliphatic heterocycles. The highest BCUT2D eigenvalue weighted by atomic mass is 35.5. The summed E-state index contributed by atoms with van der Waals surface area (Å²) in [6.45, 7) is -0.213.